The zero-order chi connectivity index (χ0) is 9.14. The molecule has 0 saturated carbocycles. The van der Waals surface area contributed by atoms with Crippen LogP contribution in [0.1, 0.15) is 35.1 Å². The monoisotopic (exact) mass is 184 g/mol. The molecule has 0 spiro atoms. The van der Waals surface area contributed by atoms with E-state index in [0.717, 1.165) is 4.88 Å². The van der Waals surface area contributed by atoms with Gasteiger partial charge >= 0.3 is 0 Å². The standard InChI is InChI=1S/C8H12N2OS/c1-5(2)7-4-6(10-12-7)8(11)9-3/h4-5H,1-3H3,(H,9,11). The van der Waals surface area contributed by atoms with Gasteiger partial charge in [-0.1, -0.05) is 13.8 Å². The van der Waals surface area contributed by atoms with Gasteiger partial charge in [0.1, 0.15) is 5.69 Å². The Morgan fingerprint density at radius 1 is 1.67 bits per heavy atom. The molecular formula is C8H12N2OS. The van der Waals surface area contributed by atoms with E-state index in [-0.39, 0.29) is 5.91 Å². The fourth-order valence-corrected chi connectivity index (χ4v) is 1.51. The van der Waals surface area contributed by atoms with Gasteiger partial charge in [-0.25, -0.2) is 0 Å². The van der Waals surface area contributed by atoms with Crippen molar-refractivity contribution in [3.05, 3.63) is 16.6 Å². The summed E-state index contributed by atoms with van der Waals surface area (Å²) in [4.78, 5) is 12.2. The summed E-state index contributed by atoms with van der Waals surface area (Å²) in [5.41, 5.74) is 0.520. The molecule has 0 aliphatic rings. The molecule has 12 heavy (non-hydrogen) atoms. The molecule has 1 rings (SSSR count). The lowest BCUT2D eigenvalue weighted by molar-refractivity contribution is 0.0959. The maximum atomic E-state index is 11.1. The second-order valence-corrected chi connectivity index (χ2v) is 3.68. The Morgan fingerprint density at radius 2 is 2.33 bits per heavy atom. The molecule has 0 atom stereocenters. The molecule has 0 unspecified atom stereocenters. The van der Waals surface area contributed by atoms with Gasteiger partial charge in [0.2, 0.25) is 0 Å². The third-order valence-corrected chi connectivity index (χ3v) is 2.65. The summed E-state index contributed by atoms with van der Waals surface area (Å²) in [5.74, 6) is 0.332. The molecule has 1 N–H and O–H groups in total. The zero-order valence-corrected chi connectivity index (χ0v) is 8.23. The third kappa shape index (κ3) is 1.82. The van der Waals surface area contributed by atoms with Crippen molar-refractivity contribution in [2.75, 3.05) is 7.05 Å². The zero-order valence-electron chi connectivity index (χ0n) is 7.42. The fourth-order valence-electron chi connectivity index (χ4n) is 0.796. The smallest absolute Gasteiger partial charge is 0.270 e. The molecule has 0 fully saturated rings. The van der Waals surface area contributed by atoms with Crippen molar-refractivity contribution < 1.29 is 4.79 Å². The van der Waals surface area contributed by atoms with Crippen LogP contribution in [0.15, 0.2) is 6.07 Å². The highest BCUT2D eigenvalue weighted by atomic mass is 32.1. The van der Waals surface area contributed by atoms with Crippen LogP contribution >= 0.6 is 11.5 Å². The molecule has 1 aromatic heterocycles. The first-order chi connectivity index (χ1) is 5.65. The van der Waals surface area contributed by atoms with Gasteiger partial charge in [0.05, 0.1) is 0 Å². The summed E-state index contributed by atoms with van der Waals surface area (Å²) in [5, 5.41) is 2.54. The molecule has 3 nitrogen and oxygen atoms in total. The first kappa shape index (κ1) is 9.19. The van der Waals surface area contributed by atoms with Crippen molar-refractivity contribution in [2.45, 2.75) is 19.8 Å². The van der Waals surface area contributed by atoms with Gasteiger partial charge in [0.25, 0.3) is 5.91 Å². The van der Waals surface area contributed by atoms with Crippen molar-refractivity contribution >= 4 is 17.4 Å². The number of rotatable bonds is 2. The highest BCUT2D eigenvalue weighted by molar-refractivity contribution is 7.06. The third-order valence-electron chi connectivity index (χ3n) is 1.56. The van der Waals surface area contributed by atoms with Crippen LogP contribution in [0.5, 0.6) is 0 Å². The summed E-state index contributed by atoms with van der Waals surface area (Å²) in [6.45, 7) is 4.17. The topological polar surface area (TPSA) is 42.0 Å². The Hall–Kier alpha value is -0.900. The molecule has 4 heteroatoms. The van der Waals surface area contributed by atoms with E-state index in [2.05, 4.69) is 23.5 Å². The molecule has 1 heterocycles. The van der Waals surface area contributed by atoms with Gasteiger partial charge in [-0.15, -0.1) is 0 Å². The van der Waals surface area contributed by atoms with Crippen LogP contribution in [-0.2, 0) is 0 Å². The van der Waals surface area contributed by atoms with Gasteiger partial charge in [-0.2, -0.15) is 4.37 Å². The summed E-state index contributed by atoms with van der Waals surface area (Å²) < 4.78 is 4.04. The number of aromatic nitrogens is 1. The minimum atomic E-state index is -0.113. The fraction of sp³-hybridized carbons (Fsp3) is 0.500. The molecule has 0 bridgehead atoms. The van der Waals surface area contributed by atoms with E-state index < -0.39 is 0 Å². The van der Waals surface area contributed by atoms with E-state index in [1.54, 1.807) is 7.05 Å². The molecule has 0 radical (unpaired) electrons. The van der Waals surface area contributed by atoms with Crippen LogP contribution in [0.3, 0.4) is 0 Å². The van der Waals surface area contributed by atoms with Crippen LogP contribution in [0, 0.1) is 0 Å². The first-order valence-corrected chi connectivity index (χ1v) is 4.61. The van der Waals surface area contributed by atoms with Crippen molar-refractivity contribution in [2.24, 2.45) is 0 Å². The van der Waals surface area contributed by atoms with Crippen molar-refractivity contribution in [1.82, 2.24) is 9.69 Å². The Labute approximate surface area is 76.0 Å². The van der Waals surface area contributed by atoms with Gasteiger partial charge in [0, 0.05) is 11.9 Å². The summed E-state index contributed by atoms with van der Waals surface area (Å²) >= 11 is 1.39. The first-order valence-electron chi connectivity index (χ1n) is 3.84. The predicted octanol–water partition coefficient (Wildman–Crippen LogP) is 1.63. The maximum absolute atomic E-state index is 11.1. The van der Waals surface area contributed by atoms with Gasteiger partial charge in [-0.05, 0) is 23.5 Å². The predicted molar refractivity (Wildman–Crippen MR) is 49.6 cm³/mol. The van der Waals surface area contributed by atoms with E-state index in [9.17, 15) is 4.79 Å². The highest BCUT2D eigenvalue weighted by Crippen LogP contribution is 2.19. The molecule has 1 aromatic rings. The van der Waals surface area contributed by atoms with E-state index in [1.165, 1.54) is 11.5 Å². The Balaban J connectivity index is 2.84. The van der Waals surface area contributed by atoms with Gasteiger partial charge < -0.3 is 5.32 Å². The van der Waals surface area contributed by atoms with E-state index >= 15 is 0 Å². The summed E-state index contributed by atoms with van der Waals surface area (Å²) in [6.07, 6.45) is 0. The summed E-state index contributed by atoms with van der Waals surface area (Å²) in [7, 11) is 1.61. The number of hydrogen-bond donors (Lipinski definition) is 1. The molecule has 0 aliphatic carbocycles. The van der Waals surface area contributed by atoms with Gasteiger partial charge in [0.15, 0.2) is 0 Å². The number of nitrogens with zero attached hydrogens (tertiary/aromatic N) is 1. The van der Waals surface area contributed by atoms with Crippen LogP contribution in [0.25, 0.3) is 0 Å². The van der Waals surface area contributed by atoms with Crippen LogP contribution in [0.4, 0.5) is 0 Å². The van der Waals surface area contributed by atoms with Crippen molar-refractivity contribution in [1.29, 1.82) is 0 Å². The van der Waals surface area contributed by atoms with Crippen LogP contribution in [-0.4, -0.2) is 17.3 Å². The lowest BCUT2D eigenvalue weighted by atomic mass is 10.2. The van der Waals surface area contributed by atoms with Crippen molar-refractivity contribution in [3.63, 3.8) is 0 Å². The highest BCUT2D eigenvalue weighted by Gasteiger charge is 2.10. The number of carbonyl (C=O) groups is 1. The normalized spacial score (nSPS) is 10.3. The van der Waals surface area contributed by atoms with Crippen molar-refractivity contribution in [3.8, 4) is 0 Å². The molecule has 0 saturated heterocycles. The van der Waals surface area contributed by atoms with E-state index in [1.807, 2.05) is 6.07 Å². The molecule has 66 valence electrons. The second-order valence-electron chi connectivity index (χ2n) is 2.85. The Bertz CT molecular complexity index is 280. The minimum absolute atomic E-state index is 0.113. The molecule has 0 aliphatic heterocycles. The minimum Gasteiger partial charge on any atom is -0.354 e. The second kappa shape index (κ2) is 3.67. The Morgan fingerprint density at radius 3 is 2.75 bits per heavy atom. The average Bonchev–Trinajstić information content (AvgIpc) is 2.51. The number of nitrogens with one attached hydrogen (secondary N) is 1. The molecular weight excluding hydrogens is 172 g/mol. The SMILES string of the molecule is CNC(=O)c1cc(C(C)C)sn1. The molecule has 0 aromatic carbocycles. The lowest BCUT2D eigenvalue weighted by Crippen LogP contribution is -2.17. The lowest BCUT2D eigenvalue weighted by Gasteiger charge is -1.95. The van der Waals surface area contributed by atoms with Crippen LogP contribution in [0.2, 0.25) is 0 Å². The quantitative estimate of drug-likeness (QED) is 0.759. The summed E-state index contributed by atoms with van der Waals surface area (Å²) in [6, 6.07) is 1.84. The van der Waals surface area contributed by atoms with Crippen LogP contribution < -0.4 is 5.32 Å². The van der Waals surface area contributed by atoms with E-state index in [0.29, 0.717) is 11.6 Å². The average molecular weight is 184 g/mol. The van der Waals surface area contributed by atoms with E-state index in [4.69, 9.17) is 0 Å². The number of hydrogen-bond acceptors (Lipinski definition) is 3. The Kier molecular flexibility index (Phi) is 2.81. The molecule has 1 amide bonds. The number of carbonyl (C=O) groups excluding carboxylic acids is 1. The number of amides is 1. The largest absolute Gasteiger partial charge is 0.354 e. The maximum Gasteiger partial charge on any atom is 0.270 e. The van der Waals surface area contributed by atoms with Gasteiger partial charge in [-0.3, -0.25) is 4.79 Å².